The molecule has 0 aliphatic rings. The Bertz CT molecular complexity index is 1190. The van der Waals surface area contributed by atoms with Crippen LogP contribution in [0, 0.1) is 5.82 Å². The van der Waals surface area contributed by atoms with Gasteiger partial charge in [0, 0.05) is 10.8 Å². The number of carbonyl (C=O) groups excluding carboxylic acids is 2. The number of hydrogen-bond donors (Lipinski definition) is 2. The second kappa shape index (κ2) is 7.40. The minimum absolute atomic E-state index is 0.0222. The molecular weight excluding hydrogens is 363 g/mol. The number of hydrogen-bond acceptors (Lipinski definition) is 4. The Labute approximate surface area is 158 Å². The Morgan fingerprint density at radius 1 is 0.929 bits per heavy atom. The number of nitrogens with one attached hydrogen (secondary N) is 2. The van der Waals surface area contributed by atoms with Gasteiger partial charge in [-0.3, -0.25) is 10.1 Å². The van der Waals surface area contributed by atoms with E-state index in [0.29, 0.717) is 11.3 Å². The van der Waals surface area contributed by atoms with Gasteiger partial charge in [-0.25, -0.2) is 9.18 Å². The highest BCUT2D eigenvalue weighted by Gasteiger charge is 2.12. The quantitative estimate of drug-likeness (QED) is 0.550. The van der Waals surface area contributed by atoms with Crippen LogP contribution in [0.2, 0.25) is 0 Å². The molecule has 7 heteroatoms. The van der Waals surface area contributed by atoms with E-state index in [4.69, 9.17) is 9.15 Å². The number of amides is 3. The van der Waals surface area contributed by atoms with Gasteiger partial charge < -0.3 is 14.5 Å². The summed E-state index contributed by atoms with van der Waals surface area (Å²) >= 11 is 0. The maximum atomic E-state index is 13.5. The van der Waals surface area contributed by atoms with Gasteiger partial charge in [-0.2, -0.15) is 0 Å². The second-order valence-corrected chi connectivity index (χ2v) is 6.03. The first-order chi connectivity index (χ1) is 13.6. The van der Waals surface area contributed by atoms with Crippen LogP contribution in [-0.2, 0) is 4.79 Å². The van der Waals surface area contributed by atoms with Gasteiger partial charge in [0.05, 0.1) is 5.69 Å². The molecule has 2 N–H and O–H groups in total. The Balaban J connectivity index is 1.38. The summed E-state index contributed by atoms with van der Waals surface area (Å²) in [6.45, 7) is -0.369. The normalized spacial score (nSPS) is 10.8. The van der Waals surface area contributed by atoms with Crippen LogP contribution in [0.5, 0.6) is 5.75 Å². The van der Waals surface area contributed by atoms with Crippen LogP contribution < -0.4 is 15.4 Å². The van der Waals surface area contributed by atoms with Crippen molar-refractivity contribution in [2.24, 2.45) is 0 Å². The zero-order valence-electron chi connectivity index (χ0n) is 14.6. The van der Waals surface area contributed by atoms with Crippen molar-refractivity contribution < 1.29 is 23.1 Å². The lowest BCUT2D eigenvalue weighted by Crippen LogP contribution is -2.37. The van der Waals surface area contributed by atoms with E-state index in [2.05, 4.69) is 10.6 Å². The number of carbonyl (C=O) groups is 2. The van der Waals surface area contributed by atoms with Crippen molar-refractivity contribution in [1.29, 1.82) is 0 Å². The molecule has 0 aliphatic carbocycles. The van der Waals surface area contributed by atoms with E-state index >= 15 is 0 Å². The molecule has 3 amide bonds. The van der Waals surface area contributed by atoms with Crippen molar-refractivity contribution in [1.82, 2.24) is 5.32 Å². The molecule has 1 heterocycles. The van der Waals surface area contributed by atoms with Crippen LogP contribution >= 0.6 is 0 Å². The predicted octanol–water partition coefficient (Wildman–Crippen LogP) is 4.45. The molecule has 0 aliphatic heterocycles. The Kier molecular flexibility index (Phi) is 4.63. The molecule has 4 aromatic rings. The van der Waals surface area contributed by atoms with Crippen LogP contribution in [0.4, 0.5) is 14.9 Å². The Morgan fingerprint density at radius 2 is 1.68 bits per heavy atom. The summed E-state index contributed by atoms with van der Waals surface area (Å²) in [5, 5.41) is 6.16. The Morgan fingerprint density at radius 3 is 2.54 bits per heavy atom. The summed E-state index contributed by atoms with van der Waals surface area (Å²) in [5.41, 5.74) is 1.45. The van der Waals surface area contributed by atoms with Crippen LogP contribution in [0.15, 0.2) is 71.1 Å². The van der Waals surface area contributed by atoms with Crippen LogP contribution in [-0.4, -0.2) is 18.5 Å². The number of urea groups is 1. The largest absolute Gasteiger partial charge is 0.484 e. The molecule has 0 atom stereocenters. The highest BCUT2D eigenvalue weighted by molar-refractivity contribution is 6.05. The van der Waals surface area contributed by atoms with Gasteiger partial charge in [0.25, 0.3) is 5.91 Å². The molecule has 140 valence electrons. The van der Waals surface area contributed by atoms with Crippen molar-refractivity contribution in [3.63, 3.8) is 0 Å². The zero-order chi connectivity index (χ0) is 19.5. The van der Waals surface area contributed by atoms with E-state index in [1.54, 1.807) is 24.3 Å². The molecule has 0 unspecified atom stereocenters. The fourth-order valence-corrected chi connectivity index (χ4v) is 2.82. The minimum Gasteiger partial charge on any atom is -0.484 e. The van der Waals surface area contributed by atoms with Gasteiger partial charge in [-0.1, -0.05) is 30.3 Å². The van der Waals surface area contributed by atoms with Gasteiger partial charge in [0.2, 0.25) is 0 Å². The van der Waals surface area contributed by atoms with Crippen LogP contribution in [0.25, 0.3) is 21.9 Å². The molecule has 0 radical (unpaired) electrons. The Hall–Kier alpha value is -3.87. The third kappa shape index (κ3) is 3.64. The first kappa shape index (κ1) is 17.5. The molecule has 0 saturated heterocycles. The number of benzene rings is 3. The lowest BCUT2D eigenvalue weighted by molar-refractivity contribution is -0.121. The van der Waals surface area contributed by atoms with E-state index in [1.165, 1.54) is 18.2 Å². The van der Waals surface area contributed by atoms with Crippen LogP contribution in [0.3, 0.4) is 0 Å². The van der Waals surface area contributed by atoms with Crippen molar-refractivity contribution in [3.8, 4) is 5.75 Å². The number of fused-ring (bicyclic) bond motifs is 3. The fraction of sp³-hybridized carbons (Fsp3) is 0.0476. The average Bonchev–Trinajstić information content (AvgIpc) is 3.06. The van der Waals surface area contributed by atoms with Gasteiger partial charge >= 0.3 is 6.03 Å². The van der Waals surface area contributed by atoms with Crippen molar-refractivity contribution in [2.45, 2.75) is 0 Å². The van der Waals surface area contributed by atoms with E-state index < -0.39 is 17.8 Å². The maximum Gasteiger partial charge on any atom is 0.326 e. The van der Waals surface area contributed by atoms with E-state index in [9.17, 15) is 14.0 Å². The molecule has 28 heavy (non-hydrogen) atoms. The lowest BCUT2D eigenvalue weighted by atomic mass is 10.1. The number of anilines is 1. The number of rotatable bonds is 4. The predicted molar refractivity (Wildman–Crippen MR) is 103 cm³/mol. The van der Waals surface area contributed by atoms with Gasteiger partial charge in [-0.05, 0) is 36.4 Å². The average molecular weight is 378 g/mol. The molecule has 3 aromatic carbocycles. The first-order valence-electron chi connectivity index (χ1n) is 8.49. The SMILES string of the molecule is O=C(COc1ccc2oc3ccccc3c2c1)NC(=O)Nc1ccccc1F. The summed E-state index contributed by atoms with van der Waals surface area (Å²) in [5.74, 6) is -0.795. The number of furan rings is 1. The molecule has 1 aromatic heterocycles. The molecule has 0 bridgehead atoms. The molecule has 6 nitrogen and oxygen atoms in total. The highest BCUT2D eigenvalue weighted by atomic mass is 19.1. The number of imide groups is 1. The van der Waals surface area contributed by atoms with Crippen molar-refractivity contribution in [2.75, 3.05) is 11.9 Å². The summed E-state index contributed by atoms with van der Waals surface area (Å²) < 4.78 is 24.7. The minimum atomic E-state index is -0.838. The van der Waals surface area contributed by atoms with Crippen molar-refractivity contribution in [3.05, 3.63) is 72.5 Å². The van der Waals surface area contributed by atoms with Crippen molar-refractivity contribution >= 4 is 39.6 Å². The molecular formula is C21H15FN2O4. The molecule has 0 fully saturated rings. The van der Waals surface area contributed by atoms with Gasteiger partial charge in [0.15, 0.2) is 6.61 Å². The monoisotopic (exact) mass is 378 g/mol. The number of halogens is 1. The van der Waals surface area contributed by atoms with E-state index in [-0.39, 0.29) is 12.3 Å². The van der Waals surface area contributed by atoms with Gasteiger partial charge in [0.1, 0.15) is 22.7 Å². The molecule has 4 rings (SSSR count). The first-order valence-corrected chi connectivity index (χ1v) is 8.49. The zero-order valence-corrected chi connectivity index (χ0v) is 14.6. The van der Waals surface area contributed by atoms with E-state index in [1.807, 2.05) is 24.3 Å². The third-order valence-electron chi connectivity index (χ3n) is 4.09. The molecule has 0 spiro atoms. The number of ether oxygens (including phenoxy) is 1. The maximum absolute atomic E-state index is 13.5. The van der Waals surface area contributed by atoms with Gasteiger partial charge in [-0.15, -0.1) is 0 Å². The topological polar surface area (TPSA) is 80.6 Å². The summed E-state index contributed by atoms with van der Waals surface area (Å²) in [6.07, 6.45) is 0. The summed E-state index contributed by atoms with van der Waals surface area (Å²) in [6, 6.07) is 17.6. The third-order valence-corrected chi connectivity index (χ3v) is 4.09. The smallest absolute Gasteiger partial charge is 0.326 e. The second-order valence-electron chi connectivity index (χ2n) is 6.03. The fourth-order valence-electron chi connectivity index (χ4n) is 2.82. The highest BCUT2D eigenvalue weighted by Crippen LogP contribution is 2.31. The lowest BCUT2D eigenvalue weighted by Gasteiger charge is -2.08. The standard InChI is InChI=1S/C21H15FN2O4/c22-16-6-2-3-7-17(16)23-21(26)24-20(25)12-27-13-9-10-19-15(11-13)14-5-1-4-8-18(14)28-19/h1-11H,12H2,(H2,23,24,25,26). The molecule has 0 saturated carbocycles. The summed E-state index contributed by atoms with van der Waals surface area (Å²) in [7, 11) is 0. The van der Waals surface area contributed by atoms with E-state index in [0.717, 1.165) is 16.4 Å². The summed E-state index contributed by atoms with van der Waals surface area (Å²) in [4.78, 5) is 23.7. The number of para-hydroxylation sites is 2. The van der Waals surface area contributed by atoms with Crippen LogP contribution in [0.1, 0.15) is 0 Å².